The Hall–Kier alpha value is -1.84. The molecule has 0 aromatic carbocycles. The van der Waals surface area contributed by atoms with E-state index in [9.17, 15) is 14.7 Å². The first kappa shape index (κ1) is 20.5. The molecule has 0 amide bonds. The molecule has 0 saturated heterocycles. The molecule has 144 valence electrons. The predicted molar refractivity (Wildman–Crippen MR) is 103 cm³/mol. The van der Waals surface area contributed by atoms with Gasteiger partial charge in [-0.25, -0.2) is 4.79 Å². The third-order valence-corrected chi connectivity index (χ3v) is 5.95. The Morgan fingerprint density at radius 1 is 1.23 bits per heavy atom. The third kappa shape index (κ3) is 4.66. The molecule has 0 heterocycles. The van der Waals surface area contributed by atoms with Gasteiger partial charge in [-0.1, -0.05) is 44.6 Å². The van der Waals surface area contributed by atoms with Gasteiger partial charge in [0.25, 0.3) is 0 Å². The molecule has 2 aliphatic rings. The molecule has 0 aromatic heterocycles. The Labute approximate surface area is 157 Å². The first-order valence-electron chi connectivity index (χ1n) is 9.60. The van der Waals surface area contributed by atoms with Crippen LogP contribution in [0.15, 0.2) is 34.9 Å². The summed E-state index contributed by atoms with van der Waals surface area (Å²) in [6, 6.07) is 0. The van der Waals surface area contributed by atoms with Gasteiger partial charge in [0.1, 0.15) is 6.10 Å². The molecule has 1 N–H and O–H groups in total. The number of carboxylic acids is 1. The second-order valence-corrected chi connectivity index (χ2v) is 8.33. The summed E-state index contributed by atoms with van der Waals surface area (Å²) in [5.74, 6) is -0.393. The molecular formula is C22H32O4. The highest BCUT2D eigenvalue weighted by Gasteiger charge is 2.42. The lowest BCUT2D eigenvalue weighted by atomic mass is 9.69. The van der Waals surface area contributed by atoms with Gasteiger partial charge < -0.3 is 9.84 Å². The number of rotatable bonds is 3. The highest BCUT2D eigenvalue weighted by molar-refractivity contribution is 5.86. The lowest BCUT2D eigenvalue weighted by Gasteiger charge is -2.36. The van der Waals surface area contributed by atoms with Crippen LogP contribution in [0.1, 0.15) is 66.7 Å². The molecule has 0 saturated carbocycles. The van der Waals surface area contributed by atoms with Crippen LogP contribution in [0.2, 0.25) is 0 Å². The summed E-state index contributed by atoms with van der Waals surface area (Å²) >= 11 is 0. The van der Waals surface area contributed by atoms with E-state index < -0.39 is 5.97 Å². The molecule has 0 aliphatic heterocycles. The molecule has 2 rings (SSSR count). The molecule has 0 radical (unpaired) electrons. The van der Waals surface area contributed by atoms with E-state index in [-0.39, 0.29) is 23.4 Å². The highest BCUT2D eigenvalue weighted by atomic mass is 16.5. The normalized spacial score (nSPS) is 29.8. The quantitative estimate of drug-likeness (QED) is 0.564. The Balaban J connectivity index is 2.44. The molecule has 0 fully saturated rings. The summed E-state index contributed by atoms with van der Waals surface area (Å²) in [5, 5.41) is 9.52. The average Bonchev–Trinajstić information content (AvgIpc) is 2.85. The fourth-order valence-electron chi connectivity index (χ4n) is 4.30. The summed E-state index contributed by atoms with van der Waals surface area (Å²) < 4.78 is 5.66. The van der Waals surface area contributed by atoms with E-state index in [0.717, 1.165) is 24.8 Å². The Morgan fingerprint density at radius 2 is 1.88 bits per heavy atom. The molecule has 3 atom stereocenters. The van der Waals surface area contributed by atoms with Crippen molar-refractivity contribution in [3.05, 3.63) is 34.9 Å². The SMILES string of the molecule is CC(=O)OC1CC2C(C(C)C)=CCC2(C)CC=C(C(=O)O)CCC=C1C. The van der Waals surface area contributed by atoms with Crippen LogP contribution < -0.4 is 0 Å². The number of esters is 1. The minimum absolute atomic E-state index is 0.0384. The smallest absolute Gasteiger partial charge is 0.331 e. The fraction of sp³-hybridized carbons (Fsp3) is 0.636. The number of hydrogen-bond acceptors (Lipinski definition) is 3. The van der Waals surface area contributed by atoms with Gasteiger partial charge in [-0.2, -0.15) is 0 Å². The molecule has 26 heavy (non-hydrogen) atoms. The van der Waals surface area contributed by atoms with Crippen LogP contribution >= 0.6 is 0 Å². The molecule has 2 aliphatic carbocycles. The van der Waals surface area contributed by atoms with Crippen LogP contribution in [-0.2, 0) is 14.3 Å². The third-order valence-electron chi connectivity index (χ3n) is 5.95. The number of allylic oxidation sites excluding steroid dienone is 4. The highest BCUT2D eigenvalue weighted by Crippen LogP contribution is 2.51. The van der Waals surface area contributed by atoms with Crippen LogP contribution in [-0.4, -0.2) is 23.1 Å². The van der Waals surface area contributed by atoms with Crippen molar-refractivity contribution < 1.29 is 19.4 Å². The van der Waals surface area contributed by atoms with Crippen molar-refractivity contribution in [2.45, 2.75) is 72.8 Å². The molecular weight excluding hydrogens is 328 g/mol. The molecule has 0 aromatic rings. The Bertz CT molecular complexity index is 653. The zero-order chi connectivity index (χ0) is 19.5. The maximum absolute atomic E-state index is 11.7. The molecule has 0 bridgehead atoms. The summed E-state index contributed by atoms with van der Waals surface area (Å²) in [5.41, 5.74) is 2.87. The van der Waals surface area contributed by atoms with Gasteiger partial charge >= 0.3 is 11.9 Å². The first-order chi connectivity index (χ1) is 12.1. The van der Waals surface area contributed by atoms with Gasteiger partial charge in [0, 0.05) is 12.5 Å². The van der Waals surface area contributed by atoms with Crippen LogP contribution in [0.5, 0.6) is 0 Å². The van der Waals surface area contributed by atoms with Crippen molar-refractivity contribution in [2.75, 3.05) is 0 Å². The molecule has 3 unspecified atom stereocenters. The fourth-order valence-corrected chi connectivity index (χ4v) is 4.30. The molecule has 4 heteroatoms. The zero-order valence-corrected chi connectivity index (χ0v) is 16.7. The maximum Gasteiger partial charge on any atom is 0.331 e. The van der Waals surface area contributed by atoms with Crippen LogP contribution in [0, 0.1) is 17.3 Å². The van der Waals surface area contributed by atoms with Crippen molar-refractivity contribution in [2.24, 2.45) is 17.3 Å². The number of ether oxygens (including phenoxy) is 1. The van der Waals surface area contributed by atoms with Gasteiger partial charge in [0.2, 0.25) is 0 Å². The van der Waals surface area contributed by atoms with Crippen LogP contribution in [0.3, 0.4) is 0 Å². The van der Waals surface area contributed by atoms with E-state index in [1.807, 2.05) is 19.1 Å². The monoisotopic (exact) mass is 360 g/mol. The van der Waals surface area contributed by atoms with Crippen molar-refractivity contribution in [1.82, 2.24) is 0 Å². The summed E-state index contributed by atoms with van der Waals surface area (Å²) in [6.07, 6.45) is 9.60. The number of carboxylic acid groups (broad SMARTS) is 1. The van der Waals surface area contributed by atoms with Crippen LogP contribution in [0.25, 0.3) is 0 Å². The second-order valence-electron chi connectivity index (χ2n) is 8.33. The Morgan fingerprint density at radius 3 is 2.46 bits per heavy atom. The molecule has 4 nitrogen and oxygen atoms in total. The minimum Gasteiger partial charge on any atom is -0.478 e. The van der Waals surface area contributed by atoms with E-state index in [0.29, 0.717) is 24.3 Å². The Kier molecular flexibility index (Phi) is 6.48. The number of fused-ring (bicyclic) bond motifs is 1. The maximum atomic E-state index is 11.7. The standard InChI is InChI=1S/C22H32O4/c1-14(2)18-10-12-22(5)11-9-17(21(24)25)8-6-7-15(3)20(13-19(18)22)26-16(4)23/h7,9-10,14,19-20H,6,8,11-13H2,1-5H3,(H,24,25). The first-order valence-corrected chi connectivity index (χ1v) is 9.60. The number of carbonyl (C=O) groups is 2. The van der Waals surface area contributed by atoms with E-state index in [2.05, 4.69) is 26.8 Å². The lowest BCUT2D eigenvalue weighted by molar-refractivity contribution is -0.145. The number of carbonyl (C=O) groups excluding carboxylic acids is 1. The number of hydrogen-bond donors (Lipinski definition) is 1. The van der Waals surface area contributed by atoms with Crippen molar-refractivity contribution in [1.29, 1.82) is 0 Å². The second kappa shape index (κ2) is 8.24. The summed E-state index contributed by atoms with van der Waals surface area (Å²) in [6.45, 7) is 10.1. The van der Waals surface area contributed by atoms with E-state index in [1.165, 1.54) is 12.5 Å². The zero-order valence-electron chi connectivity index (χ0n) is 16.7. The van der Waals surface area contributed by atoms with E-state index in [1.54, 1.807) is 0 Å². The minimum atomic E-state index is -0.831. The van der Waals surface area contributed by atoms with Gasteiger partial charge in [0.15, 0.2) is 0 Å². The molecule has 0 spiro atoms. The van der Waals surface area contributed by atoms with E-state index in [4.69, 9.17) is 4.74 Å². The van der Waals surface area contributed by atoms with Gasteiger partial charge in [0.05, 0.1) is 0 Å². The average molecular weight is 360 g/mol. The number of aliphatic carboxylic acids is 1. The van der Waals surface area contributed by atoms with Gasteiger partial charge in [-0.3, -0.25) is 4.79 Å². The summed E-state index contributed by atoms with van der Waals surface area (Å²) in [4.78, 5) is 23.2. The van der Waals surface area contributed by atoms with Gasteiger partial charge in [-0.05, 0) is 61.9 Å². The van der Waals surface area contributed by atoms with Crippen molar-refractivity contribution in [3.8, 4) is 0 Å². The predicted octanol–water partition coefficient (Wildman–Crippen LogP) is 5.06. The van der Waals surface area contributed by atoms with Crippen LogP contribution in [0.4, 0.5) is 0 Å². The van der Waals surface area contributed by atoms with Gasteiger partial charge in [-0.15, -0.1) is 0 Å². The topological polar surface area (TPSA) is 63.6 Å². The van der Waals surface area contributed by atoms with E-state index >= 15 is 0 Å². The lowest BCUT2D eigenvalue weighted by Crippen LogP contribution is -2.31. The summed E-state index contributed by atoms with van der Waals surface area (Å²) in [7, 11) is 0. The largest absolute Gasteiger partial charge is 0.478 e. The van der Waals surface area contributed by atoms with Crippen molar-refractivity contribution in [3.63, 3.8) is 0 Å². The van der Waals surface area contributed by atoms with Crippen molar-refractivity contribution >= 4 is 11.9 Å².